The van der Waals surface area contributed by atoms with E-state index < -0.39 is 28.8 Å². The molecule has 4 rings (SSSR count). The van der Waals surface area contributed by atoms with Crippen molar-refractivity contribution < 1.29 is 27.4 Å². The van der Waals surface area contributed by atoms with E-state index in [1.807, 2.05) is 27.7 Å². The van der Waals surface area contributed by atoms with Crippen molar-refractivity contribution >= 4 is 22.4 Å². The monoisotopic (exact) mass is 570 g/mol. The number of H-pyrrole nitrogens is 1. The standard InChI is InChI=1S/C31H37F3N4O3/c1-30(2)17-20(18-31(3,4)41-30)27(19-9-10-25-22(14-19)29(34)37-36-25)28-23(32)15-21(16-24(28)33)40-13-12-35-11-7-8-26(39)38(5)6/h7-10,14-16,35H,11-13,17-18H2,1-6H3,(H,36,37)/b8-7+. The second-order valence-corrected chi connectivity index (χ2v) is 11.7. The Bertz CT molecular complexity index is 1450. The molecule has 41 heavy (non-hydrogen) atoms. The zero-order chi connectivity index (χ0) is 29.9. The van der Waals surface area contributed by atoms with Crippen molar-refractivity contribution in [3.63, 3.8) is 0 Å². The molecule has 1 aliphatic rings. The van der Waals surface area contributed by atoms with Crippen LogP contribution >= 0.6 is 0 Å². The highest BCUT2D eigenvalue weighted by molar-refractivity contribution is 5.89. The lowest BCUT2D eigenvalue weighted by atomic mass is 9.79. The summed E-state index contributed by atoms with van der Waals surface area (Å²) in [6, 6.07) is 7.24. The average Bonchev–Trinajstić information content (AvgIpc) is 3.23. The van der Waals surface area contributed by atoms with Crippen LogP contribution in [0.15, 0.2) is 48.1 Å². The first kappa shape index (κ1) is 30.3. The molecule has 0 saturated carbocycles. The van der Waals surface area contributed by atoms with Crippen molar-refractivity contribution in [2.75, 3.05) is 33.8 Å². The van der Waals surface area contributed by atoms with E-state index in [-0.39, 0.29) is 29.2 Å². The smallest absolute Gasteiger partial charge is 0.245 e. The summed E-state index contributed by atoms with van der Waals surface area (Å²) >= 11 is 0. The Morgan fingerprint density at radius 3 is 2.39 bits per heavy atom. The van der Waals surface area contributed by atoms with Crippen LogP contribution in [0.3, 0.4) is 0 Å². The van der Waals surface area contributed by atoms with Crippen LogP contribution in [0.25, 0.3) is 16.5 Å². The molecule has 0 aliphatic carbocycles. The number of halogens is 3. The molecule has 2 aromatic carbocycles. The maximum absolute atomic E-state index is 15.8. The van der Waals surface area contributed by atoms with Crippen molar-refractivity contribution in [3.8, 4) is 5.75 Å². The molecule has 0 unspecified atom stereocenters. The Kier molecular flexibility index (Phi) is 8.94. The normalized spacial score (nSPS) is 16.4. The van der Waals surface area contributed by atoms with Crippen LogP contribution in [0, 0.1) is 17.6 Å². The number of rotatable bonds is 9. The molecule has 0 radical (unpaired) electrons. The fourth-order valence-corrected chi connectivity index (χ4v) is 5.35. The second-order valence-electron chi connectivity index (χ2n) is 11.7. The van der Waals surface area contributed by atoms with Crippen LogP contribution in [0.4, 0.5) is 13.2 Å². The van der Waals surface area contributed by atoms with Crippen molar-refractivity contribution in [1.82, 2.24) is 20.4 Å². The average molecular weight is 571 g/mol. The Morgan fingerprint density at radius 2 is 1.76 bits per heavy atom. The van der Waals surface area contributed by atoms with Crippen LogP contribution in [-0.4, -0.2) is 66.0 Å². The Balaban J connectivity index is 1.63. The highest BCUT2D eigenvalue weighted by atomic mass is 19.1. The van der Waals surface area contributed by atoms with Gasteiger partial charge in [-0.15, -0.1) is 0 Å². The van der Waals surface area contributed by atoms with Gasteiger partial charge in [0, 0.05) is 45.4 Å². The van der Waals surface area contributed by atoms with Crippen LogP contribution < -0.4 is 10.1 Å². The first-order valence-corrected chi connectivity index (χ1v) is 13.5. The zero-order valence-corrected chi connectivity index (χ0v) is 24.3. The van der Waals surface area contributed by atoms with E-state index in [1.54, 1.807) is 38.4 Å². The van der Waals surface area contributed by atoms with Gasteiger partial charge < -0.3 is 19.7 Å². The summed E-state index contributed by atoms with van der Waals surface area (Å²) < 4.78 is 57.9. The van der Waals surface area contributed by atoms with Crippen LogP contribution in [0.2, 0.25) is 0 Å². The van der Waals surface area contributed by atoms with Gasteiger partial charge in [0.05, 0.1) is 27.7 Å². The van der Waals surface area contributed by atoms with Gasteiger partial charge >= 0.3 is 0 Å². The molecule has 1 fully saturated rings. The van der Waals surface area contributed by atoms with Gasteiger partial charge in [0.15, 0.2) is 0 Å². The first-order chi connectivity index (χ1) is 19.3. The van der Waals surface area contributed by atoms with E-state index in [0.29, 0.717) is 42.6 Å². The van der Waals surface area contributed by atoms with Crippen molar-refractivity contribution in [2.45, 2.75) is 51.7 Å². The first-order valence-electron chi connectivity index (χ1n) is 13.5. The van der Waals surface area contributed by atoms with Gasteiger partial charge in [0.25, 0.3) is 0 Å². The molecule has 1 aromatic heterocycles. The molecule has 1 saturated heterocycles. The van der Waals surface area contributed by atoms with Gasteiger partial charge in [-0.1, -0.05) is 17.7 Å². The maximum Gasteiger partial charge on any atom is 0.245 e. The predicted octanol–water partition coefficient (Wildman–Crippen LogP) is 5.76. The minimum atomic E-state index is -0.782. The van der Waals surface area contributed by atoms with Gasteiger partial charge in [-0.3, -0.25) is 9.89 Å². The van der Waals surface area contributed by atoms with Crippen LogP contribution in [-0.2, 0) is 9.53 Å². The minimum absolute atomic E-state index is 0.0530. The maximum atomic E-state index is 15.8. The highest BCUT2D eigenvalue weighted by Crippen LogP contribution is 2.44. The van der Waals surface area contributed by atoms with E-state index in [9.17, 15) is 9.18 Å². The van der Waals surface area contributed by atoms with E-state index in [1.165, 1.54) is 23.1 Å². The summed E-state index contributed by atoms with van der Waals surface area (Å²) in [7, 11) is 3.33. The molecular weight excluding hydrogens is 533 g/mol. The third-order valence-electron chi connectivity index (χ3n) is 6.76. The number of aromatic amines is 1. The summed E-state index contributed by atoms with van der Waals surface area (Å²) in [6.07, 6.45) is 4.03. The number of carbonyl (C=O) groups excluding carboxylic acids is 1. The number of carbonyl (C=O) groups is 1. The molecule has 10 heteroatoms. The molecule has 1 amide bonds. The van der Waals surface area contributed by atoms with E-state index in [4.69, 9.17) is 9.47 Å². The molecule has 220 valence electrons. The summed E-state index contributed by atoms with van der Waals surface area (Å²) in [5.41, 5.74) is 0.735. The molecule has 0 atom stereocenters. The van der Waals surface area contributed by atoms with E-state index in [2.05, 4.69) is 15.5 Å². The fraction of sp³-hybridized carbons (Fsp3) is 0.419. The summed E-state index contributed by atoms with van der Waals surface area (Å²) in [4.78, 5) is 13.0. The largest absolute Gasteiger partial charge is 0.492 e. The van der Waals surface area contributed by atoms with Crippen LogP contribution in [0.1, 0.15) is 51.7 Å². The number of hydrogen-bond acceptors (Lipinski definition) is 5. The fourth-order valence-electron chi connectivity index (χ4n) is 5.35. The summed E-state index contributed by atoms with van der Waals surface area (Å²) in [5, 5.41) is 9.57. The Labute approximate surface area is 238 Å². The third kappa shape index (κ3) is 7.37. The Morgan fingerprint density at radius 1 is 1.10 bits per heavy atom. The number of hydrogen-bond donors (Lipinski definition) is 2. The number of fused-ring (bicyclic) bond motifs is 1. The molecule has 1 aliphatic heterocycles. The number of likely N-dealkylation sites (N-methyl/N-ethyl adjacent to an activating group) is 1. The molecule has 0 spiro atoms. The molecule has 7 nitrogen and oxygen atoms in total. The van der Waals surface area contributed by atoms with Crippen molar-refractivity contribution in [3.05, 3.63) is 76.8 Å². The second kappa shape index (κ2) is 12.1. The lowest BCUT2D eigenvalue weighted by molar-refractivity contribution is -0.138. The van der Waals surface area contributed by atoms with E-state index in [0.717, 1.165) is 5.57 Å². The lowest BCUT2D eigenvalue weighted by Crippen LogP contribution is -2.42. The predicted molar refractivity (Wildman–Crippen MR) is 153 cm³/mol. The van der Waals surface area contributed by atoms with Crippen molar-refractivity contribution in [2.24, 2.45) is 0 Å². The number of ether oxygens (including phenoxy) is 2. The summed E-state index contributed by atoms with van der Waals surface area (Å²) in [5.74, 6) is -2.24. The highest BCUT2D eigenvalue weighted by Gasteiger charge is 2.38. The Hall–Kier alpha value is -3.63. The number of amides is 1. The third-order valence-corrected chi connectivity index (χ3v) is 6.76. The molecule has 3 aromatic rings. The number of nitrogens with one attached hydrogen (secondary N) is 2. The topological polar surface area (TPSA) is 79.5 Å². The number of aromatic nitrogens is 2. The van der Waals surface area contributed by atoms with Crippen molar-refractivity contribution in [1.29, 1.82) is 0 Å². The van der Waals surface area contributed by atoms with Gasteiger partial charge in [0.1, 0.15) is 24.0 Å². The van der Waals surface area contributed by atoms with E-state index >= 15 is 8.78 Å². The molecule has 0 bridgehead atoms. The number of nitrogens with zero attached hydrogens (tertiary/aromatic N) is 2. The van der Waals surface area contributed by atoms with Gasteiger partial charge in [-0.25, -0.2) is 8.78 Å². The zero-order valence-electron chi connectivity index (χ0n) is 24.3. The molecule has 2 heterocycles. The van der Waals surface area contributed by atoms with Gasteiger partial charge in [0.2, 0.25) is 11.9 Å². The number of benzene rings is 2. The van der Waals surface area contributed by atoms with Gasteiger partial charge in [-0.2, -0.15) is 9.49 Å². The SMILES string of the molecule is CN(C)C(=O)/C=C/CNCCOc1cc(F)c(C(=C2CC(C)(C)OC(C)(C)C2)c2ccc3n[nH]c(F)c3c2)c(F)c1. The quantitative estimate of drug-likeness (QED) is 0.253. The molecule has 2 N–H and O–H groups in total. The minimum Gasteiger partial charge on any atom is -0.492 e. The van der Waals surface area contributed by atoms with Crippen LogP contribution in [0.5, 0.6) is 5.75 Å². The summed E-state index contributed by atoms with van der Waals surface area (Å²) in [6.45, 7) is 8.78. The lowest BCUT2D eigenvalue weighted by Gasteiger charge is -2.43. The van der Waals surface area contributed by atoms with Gasteiger partial charge in [-0.05, 0) is 63.8 Å². The molecular formula is C31H37F3N4O3.